The van der Waals surface area contributed by atoms with Crippen LogP contribution in [0.3, 0.4) is 0 Å². The number of halogens is 1. The molecule has 0 aliphatic rings. The quantitative estimate of drug-likeness (QED) is 0.670. The topological polar surface area (TPSA) is 67.4 Å². The molecule has 6 heteroatoms. The summed E-state index contributed by atoms with van der Waals surface area (Å²) in [5.74, 6) is 0.421. The third-order valence-corrected chi connectivity index (χ3v) is 4.32. The molecule has 0 atom stereocenters. The molecule has 2 aromatic carbocycles. The van der Waals surface area contributed by atoms with Crippen molar-refractivity contribution in [1.29, 1.82) is 0 Å². The molecule has 2 aromatic rings. The Bertz CT molecular complexity index is 797. The first-order chi connectivity index (χ1) is 11.7. The van der Waals surface area contributed by atoms with Gasteiger partial charge < -0.3 is 15.4 Å². The van der Waals surface area contributed by atoms with Gasteiger partial charge in [-0.25, -0.2) is 0 Å². The van der Waals surface area contributed by atoms with E-state index in [4.69, 9.17) is 4.74 Å². The van der Waals surface area contributed by atoms with Gasteiger partial charge in [-0.3, -0.25) is 9.59 Å². The highest BCUT2D eigenvalue weighted by Crippen LogP contribution is 2.23. The summed E-state index contributed by atoms with van der Waals surface area (Å²) in [4.78, 5) is 24.5. The van der Waals surface area contributed by atoms with Crippen molar-refractivity contribution < 1.29 is 14.3 Å². The van der Waals surface area contributed by atoms with Gasteiger partial charge in [-0.15, -0.1) is 0 Å². The zero-order valence-corrected chi connectivity index (χ0v) is 16.8. The molecule has 0 fully saturated rings. The molecule has 2 rings (SSSR count). The number of hydrogen-bond acceptors (Lipinski definition) is 3. The Morgan fingerprint density at radius 1 is 1.00 bits per heavy atom. The van der Waals surface area contributed by atoms with Crippen LogP contribution in [0.1, 0.15) is 31.1 Å². The van der Waals surface area contributed by atoms with Crippen molar-refractivity contribution in [2.75, 3.05) is 17.7 Å². The molecule has 5 nitrogen and oxygen atoms in total. The van der Waals surface area contributed by atoms with E-state index in [-0.39, 0.29) is 11.8 Å². The lowest BCUT2D eigenvalue weighted by molar-refractivity contribution is -0.123. The molecular formula is C19H21IN2O3. The smallest absolute Gasteiger partial charge is 0.255 e. The number of carbonyl (C=O) groups excluding carboxylic acids is 2. The number of carbonyl (C=O) groups is 2. The zero-order valence-electron chi connectivity index (χ0n) is 14.6. The number of hydrogen-bond donors (Lipinski definition) is 2. The molecule has 2 amide bonds. The Hall–Kier alpha value is -2.09. The highest BCUT2D eigenvalue weighted by Gasteiger charge is 2.21. The molecule has 0 saturated carbocycles. The first-order valence-electron chi connectivity index (χ1n) is 7.77. The van der Waals surface area contributed by atoms with E-state index < -0.39 is 5.41 Å². The molecule has 0 aliphatic carbocycles. The summed E-state index contributed by atoms with van der Waals surface area (Å²) >= 11 is 2.12. The molecule has 0 heterocycles. The van der Waals surface area contributed by atoms with Crippen LogP contribution in [0.2, 0.25) is 0 Å². The van der Waals surface area contributed by atoms with Gasteiger partial charge in [0, 0.05) is 22.4 Å². The van der Waals surface area contributed by atoms with Crippen molar-refractivity contribution in [2.45, 2.75) is 20.8 Å². The third-order valence-electron chi connectivity index (χ3n) is 3.47. The second-order valence-corrected chi connectivity index (χ2v) is 7.75. The van der Waals surface area contributed by atoms with E-state index in [1.54, 1.807) is 49.6 Å². The minimum atomic E-state index is -0.487. The molecule has 25 heavy (non-hydrogen) atoms. The fourth-order valence-electron chi connectivity index (χ4n) is 2.00. The molecule has 0 unspecified atom stereocenters. The van der Waals surface area contributed by atoms with Crippen LogP contribution in [0.25, 0.3) is 0 Å². The lowest BCUT2D eigenvalue weighted by atomic mass is 9.95. The number of methoxy groups -OCH3 is 1. The van der Waals surface area contributed by atoms with Gasteiger partial charge in [0.05, 0.1) is 10.7 Å². The van der Waals surface area contributed by atoms with Crippen LogP contribution >= 0.6 is 22.6 Å². The maximum atomic E-state index is 12.4. The molecule has 0 bridgehead atoms. The predicted octanol–water partition coefficient (Wildman–Crippen LogP) is 4.54. The fourth-order valence-corrected chi connectivity index (χ4v) is 2.74. The summed E-state index contributed by atoms with van der Waals surface area (Å²) < 4.78 is 6.06. The van der Waals surface area contributed by atoms with E-state index in [1.807, 2.05) is 20.8 Å². The van der Waals surface area contributed by atoms with E-state index in [9.17, 15) is 9.59 Å². The molecule has 2 N–H and O–H groups in total. The van der Waals surface area contributed by atoms with Crippen LogP contribution in [-0.2, 0) is 4.79 Å². The summed E-state index contributed by atoms with van der Waals surface area (Å²) in [5.41, 5.74) is 1.30. The lowest BCUT2D eigenvalue weighted by Crippen LogP contribution is -2.27. The fraction of sp³-hybridized carbons (Fsp3) is 0.263. The maximum Gasteiger partial charge on any atom is 0.255 e. The lowest BCUT2D eigenvalue weighted by Gasteiger charge is -2.18. The van der Waals surface area contributed by atoms with Gasteiger partial charge in [0.15, 0.2) is 0 Å². The van der Waals surface area contributed by atoms with Crippen molar-refractivity contribution >= 4 is 45.8 Å². The number of ether oxygens (including phenoxy) is 1. The van der Waals surface area contributed by atoms with Crippen LogP contribution in [0.4, 0.5) is 11.4 Å². The first kappa shape index (κ1) is 19.2. The Balaban J connectivity index is 2.12. The van der Waals surface area contributed by atoms with E-state index >= 15 is 0 Å². The second-order valence-electron chi connectivity index (χ2n) is 6.59. The molecule has 0 radical (unpaired) electrons. The summed E-state index contributed by atoms with van der Waals surface area (Å²) in [6.45, 7) is 5.54. The third kappa shape index (κ3) is 5.19. The molecule has 0 aromatic heterocycles. The van der Waals surface area contributed by atoms with Gasteiger partial charge >= 0.3 is 0 Å². The summed E-state index contributed by atoms with van der Waals surface area (Å²) in [5, 5.41) is 5.69. The highest BCUT2D eigenvalue weighted by molar-refractivity contribution is 14.1. The van der Waals surface area contributed by atoms with Crippen LogP contribution in [0, 0.1) is 8.99 Å². The van der Waals surface area contributed by atoms with Gasteiger partial charge in [-0.05, 0) is 59.0 Å². The first-order valence-corrected chi connectivity index (χ1v) is 8.85. The minimum absolute atomic E-state index is 0.0827. The molecule has 0 spiro atoms. The number of anilines is 2. The van der Waals surface area contributed by atoms with E-state index in [1.165, 1.54) is 0 Å². The largest absolute Gasteiger partial charge is 0.496 e. The van der Waals surface area contributed by atoms with Crippen molar-refractivity contribution in [3.63, 3.8) is 0 Å². The van der Waals surface area contributed by atoms with Crippen molar-refractivity contribution in [3.8, 4) is 5.75 Å². The van der Waals surface area contributed by atoms with E-state index in [0.717, 1.165) is 9.32 Å². The summed E-state index contributed by atoms with van der Waals surface area (Å²) in [6.07, 6.45) is 0. The van der Waals surface area contributed by atoms with Crippen molar-refractivity contribution in [2.24, 2.45) is 5.41 Å². The number of nitrogens with one attached hydrogen (secondary N) is 2. The zero-order chi connectivity index (χ0) is 18.6. The van der Waals surface area contributed by atoms with Crippen LogP contribution in [0.15, 0.2) is 42.5 Å². The maximum absolute atomic E-state index is 12.4. The second kappa shape index (κ2) is 7.86. The minimum Gasteiger partial charge on any atom is -0.496 e. The Labute approximate surface area is 161 Å². The molecule has 0 saturated heterocycles. The average Bonchev–Trinajstić information content (AvgIpc) is 2.54. The average molecular weight is 452 g/mol. The monoisotopic (exact) mass is 452 g/mol. The van der Waals surface area contributed by atoms with Gasteiger partial charge in [0.2, 0.25) is 5.91 Å². The summed E-state index contributed by atoms with van der Waals surface area (Å²) in [6, 6.07) is 12.3. The van der Waals surface area contributed by atoms with Gasteiger partial charge in [-0.1, -0.05) is 26.8 Å². The van der Waals surface area contributed by atoms with E-state index in [2.05, 4.69) is 33.2 Å². The standard InChI is InChI=1S/C19H21IN2O3/c1-19(2,3)18(24)22-14-7-5-6-13(11-14)21-17(23)12-8-9-16(25-4)15(20)10-12/h5-11H,1-4H3,(H,21,23)(H,22,24). The van der Waals surface area contributed by atoms with Gasteiger partial charge in [-0.2, -0.15) is 0 Å². The SMILES string of the molecule is COc1ccc(C(=O)Nc2cccc(NC(=O)C(C)(C)C)c2)cc1I. The number of benzene rings is 2. The molecular weight excluding hydrogens is 431 g/mol. The van der Waals surface area contributed by atoms with Crippen LogP contribution in [0.5, 0.6) is 5.75 Å². The van der Waals surface area contributed by atoms with Crippen molar-refractivity contribution in [1.82, 2.24) is 0 Å². The van der Waals surface area contributed by atoms with Gasteiger partial charge in [0.25, 0.3) is 5.91 Å². The predicted molar refractivity (Wildman–Crippen MR) is 108 cm³/mol. The Morgan fingerprint density at radius 3 is 2.20 bits per heavy atom. The Morgan fingerprint density at radius 2 is 1.64 bits per heavy atom. The van der Waals surface area contributed by atoms with Crippen LogP contribution < -0.4 is 15.4 Å². The van der Waals surface area contributed by atoms with E-state index in [0.29, 0.717) is 16.9 Å². The van der Waals surface area contributed by atoms with Crippen LogP contribution in [-0.4, -0.2) is 18.9 Å². The molecule has 132 valence electrons. The highest BCUT2D eigenvalue weighted by atomic mass is 127. The van der Waals surface area contributed by atoms with Crippen molar-refractivity contribution in [3.05, 3.63) is 51.6 Å². The number of amides is 2. The Kier molecular flexibility index (Phi) is 6.05. The summed E-state index contributed by atoms with van der Waals surface area (Å²) in [7, 11) is 1.59. The molecule has 0 aliphatic heterocycles. The normalized spacial score (nSPS) is 10.9. The number of rotatable bonds is 4. The van der Waals surface area contributed by atoms with Gasteiger partial charge in [0.1, 0.15) is 5.75 Å².